The summed E-state index contributed by atoms with van der Waals surface area (Å²) in [5, 5.41) is 23.1. The largest absolute Gasteiger partial charge is 0.502 e. The first kappa shape index (κ1) is 14.9. The van der Waals surface area contributed by atoms with Crippen molar-refractivity contribution in [2.24, 2.45) is 0 Å². The topological polar surface area (TPSA) is 92.5 Å². The Morgan fingerprint density at radius 2 is 1.90 bits per heavy atom. The number of hydrogen-bond donors (Lipinski definition) is 2. The molecule has 2 aromatic rings. The fourth-order valence-electron chi connectivity index (χ4n) is 1.73. The van der Waals surface area contributed by atoms with Crippen molar-refractivity contribution in [2.45, 2.75) is 4.90 Å². The van der Waals surface area contributed by atoms with Crippen LogP contribution in [0.1, 0.15) is 10.4 Å². The Morgan fingerprint density at radius 3 is 2.48 bits per heavy atom. The van der Waals surface area contributed by atoms with E-state index < -0.39 is 22.3 Å². The zero-order valence-corrected chi connectivity index (χ0v) is 11.9. The molecule has 2 N–H and O–H groups in total. The van der Waals surface area contributed by atoms with Gasteiger partial charge in [-0.3, -0.25) is 14.9 Å². The molecule has 0 spiro atoms. The first-order chi connectivity index (χ1) is 10.0. The van der Waals surface area contributed by atoms with Gasteiger partial charge in [0.2, 0.25) is 5.75 Å². The molecule has 108 valence electrons. The molecule has 0 atom stereocenters. The van der Waals surface area contributed by atoms with Gasteiger partial charge in [0, 0.05) is 16.6 Å². The molecule has 0 aliphatic carbocycles. The number of aromatic hydroxyl groups is 1. The fourth-order valence-corrected chi connectivity index (χ4v) is 2.14. The molecule has 2 aromatic carbocycles. The third-order valence-corrected chi connectivity index (χ3v) is 3.55. The van der Waals surface area contributed by atoms with Gasteiger partial charge in [-0.15, -0.1) is 11.8 Å². The second-order valence-electron chi connectivity index (χ2n) is 4.11. The minimum atomic E-state index is -0.737. The number of nitrogens with zero attached hydrogens (tertiary/aromatic N) is 1. The van der Waals surface area contributed by atoms with Crippen molar-refractivity contribution in [3.8, 4) is 5.75 Å². The van der Waals surface area contributed by atoms with Crippen LogP contribution in [-0.4, -0.2) is 22.2 Å². The van der Waals surface area contributed by atoms with Crippen LogP contribution in [0.3, 0.4) is 0 Å². The van der Waals surface area contributed by atoms with Gasteiger partial charge in [0.15, 0.2) is 0 Å². The molecule has 0 saturated carbocycles. The highest BCUT2D eigenvalue weighted by Crippen LogP contribution is 2.29. The van der Waals surface area contributed by atoms with E-state index in [4.69, 9.17) is 0 Å². The number of amides is 1. The van der Waals surface area contributed by atoms with E-state index in [9.17, 15) is 20.0 Å². The molecule has 0 aliphatic heterocycles. The molecular formula is C14H12N2O4S. The normalized spacial score (nSPS) is 10.1. The molecule has 0 heterocycles. The van der Waals surface area contributed by atoms with Gasteiger partial charge in [-0.25, -0.2) is 0 Å². The first-order valence-electron chi connectivity index (χ1n) is 5.94. The lowest BCUT2D eigenvalue weighted by atomic mass is 10.1. The molecule has 6 nitrogen and oxygen atoms in total. The maximum atomic E-state index is 12.1. The van der Waals surface area contributed by atoms with E-state index in [1.165, 1.54) is 12.1 Å². The summed E-state index contributed by atoms with van der Waals surface area (Å²) in [6, 6.07) is 10.9. The number of carbonyl (C=O) groups excluding carboxylic acids is 1. The van der Waals surface area contributed by atoms with Crippen molar-refractivity contribution >= 4 is 29.0 Å². The van der Waals surface area contributed by atoms with Gasteiger partial charge in [0.05, 0.1) is 10.5 Å². The second-order valence-corrected chi connectivity index (χ2v) is 4.99. The van der Waals surface area contributed by atoms with Crippen LogP contribution in [0.25, 0.3) is 0 Å². The number of nitro groups is 1. The number of nitro benzene ring substituents is 1. The summed E-state index contributed by atoms with van der Waals surface area (Å²) >= 11 is 1.57. The lowest BCUT2D eigenvalue weighted by molar-refractivity contribution is -0.385. The minimum absolute atomic E-state index is 0.141. The highest BCUT2D eigenvalue weighted by molar-refractivity contribution is 7.98. The molecule has 7 heteroatoms. The van der Waals surface area contributed by atoms with E-state index in [1.807, 2.05) is 18.4 Å². The average molecular weight is 304 g/mol. The average Bonchev–Trinajstić information content (AvgIpc) is 2.47. The van der Waals surface area contributed by atoms with Gasteiger partial charge >= 0.3 is 5.69 Å². The summed E-state index contributed by atoms with van der Waals surface area (Å²) in [4.78, 5) is 23.1. The number of phenols is 1. The van der Waals surface area contributed by atoms with Crippen LogP contribution < -0.4 is 5.32 Å². The molecule has 0 aliphatic rings. The summed E-state index contributed by atoms with van der Waals surface area (Å²) in [6.07, 6.45) is 1.94. The van der Waals surface area contributed by atoms with E-state index in [1.54, 1.807) is 23.9 Å². The van der Waals surface area contributed by atoms with Gasteiger partial charge in [0.1, 0.15) is 0 Å². The number of thioether (sulfide) groups is 1. The van der Waals surface area contributed by atoms with Crippen LogP contribution >= 0.6 is 11.8 Å². The maximum absolute atomic E-state index is 12.1. The van der Waals surface area contributed by atoms with Gasteiger partial charge in [0.25, 0.3) is 5.91 Å². The number of benzene rings is 2. The van der Waals surface area contributed by atoms with E-state index >= 15 is 0 Å². The second kappa shape index (κ2) is 6.27. The molecule has 0 radical (unpaired) electrons. The monoisotopic (exact) mass is 304 g/mol. The number of nitrogens with one attached hydrogen (secondary N) is 1. The van der Waals surface area contributed by atoms with Crippen molar-refractivity contribution in [3.05, 3.63) is 58.1 Å². The lowest BCUT2D eigenvalue weighted by Crippen LogP contribution is -2.12. The number of rotatable bonds is 4. The predicted octanol–water partition coefficient (Wildman–Crippen LogP) is 3.27. The zero-order chi connectivity index (χ0) is 15.4. The number of carbonyl (C=O) groups is 1. The standard InChI is InChI=1S/C14H12N2O4S/c1-21-10-7-5-9(6-8-10)15-14(18)11-3-2-4-12(13(11)17)16(19)20/h2-8,17H,1H3,(H,15,18). The van der Waals surface area contributed by atoms with Crippen molar-refractivity contribution in [2.75, 3.05) is 11.6 Å². The van der Waals surface area contributed by atoms with Crippen LogP contribution in [0.15, 0.2) is 47.4 Å². The molecule has 1 amide bonds. The van der Waals surface area contributed by atoms with Gasteiger partial charge in [-0.1, -0.05) is 6.07 Å². The van der Waals surface area contributed by atoms with Gasteiger partial charge in [-0.2, -0.15) is 0 Å². The Morgan fingerprint density at radius 1 is 1.24 bits per heavy atom. The van der Waals surface area contributed by atoms with E-state index in [0.29, 0.717) is 5.69 Å². The van der Waals surface area contributed by atoms with E-state index in [0.717, 1.165) is 11.0 Å². The summed E-state index contributed by atoms with van der Waals surface area (Å²) in [7, 11) is 0. The number of hydrogen-bond acceptors (Lipinski definition) is 5. The minimum Gasteiger partial charge on any atom is -0.502 e. The molecule has 0 saturated heterocycles. The van der Waals surface area contributed by atoms with Crippen LogP contribution in [0.2, 0.25) is 0 Å². The van der Waals surface area contributed by atoms with Crippen LogP contribution in [0, 0.1) is 10.1 Å². The zero-order valence-electron chi connectivity index (χ0n) is 11.1. The SMILES string of the molecule is CSc1ccc(NC(=O)c2cccc([N+](=O)[O-])c2O)cc1. The Balaban J connectivity index is 2.24. The third kappa shape index (κ3) is 3.32. The summed E-state index contributed by atoms with van der Waals surface area (Å²) in [5.74, 6) is -1.24. The van der Waals surface area contributed by atoms with Crippen molar-refractivity contribution in [3.63, 3.8) is 0 Å². The summed E-state index contributed by atoms with van der Waals surface area (Å²) in [5.41, 5.74) is -0.0952. The highest BCUT2D eigenvalue weighted by Gasteiger charge is 2.20. The molecule has 0 unspecified atom stereocenters. The Bertz CT molecular complexity index is 686. The van der Waals surface area contributed by atoms with E-state index in [2.05, 4.69) is 5.32 Å². The Hall–Kier alpha value is -2.54. The Labute approximate surface area is 125 Å². The molecule has 0 aromatic heterocycles. The molecule has 0 bridgehead atoms. The molecule has 2 rings (SSSR count). The first-order valence-corrected chi connectivity index (χ1v) is 7.17. The highest BCUT2D eigenvalue weighted by atomic mass is 32.2. The number of phenolic OH excluding ortho intramolecular Hbond substituents is 1. The molecular weight excluding hydrogens is 292 g/mol. The fraction of sp³-hybridized carbons (Fsp3) is 0.0714. The molecule has 21 heavy (non-hydrogen) atoms. The maximum Gasteiger partial charge on any atom is 0.311 e. The van der Waals surface area contributed by atoms with Crippen molar-refractivity contribution in [1.29, 1.82) is 0 Å². The van der Waals surface area contributed by atoms with Gasteiger partial charge < -0.3 is 10.4 Å². The quantitative estimate of drug-likeness (QED) is 0.514. The molecule has 0 fully saturated rings. The van der Waals surface area contributed by atoms with Crippen molar-refractivity contribution < 1.29 is 14.8 Å². The summed E-state index contributed by atoms with van der Waals surface area (Å²) < 4.78 is 0. The summed E-state index contributed by atoms with van der Waals surface area (Å²) in [6.45, 7) is 0. The van der Waals surface area contributed by atoms with Gasteiger partial charge in [-0.05, 0) is 36.6 Å². The van der Waals surface area contributed by atoms with Crippen molar-refractivity contribution in [1.82, 2.24) is 0 Å². The van der Waals surface area contributed by atoms with Crippen LogP contribution in [0.4, 0.5) is 11.4 Å². The smallest absolute Gasteiger partial charge is 0.311 e. The number of anilines is 1. The van der Waals surface area contributed by atoms with Crippen LogP contribution in [-0.2, 0) is 0 Å². The van der Waals surface area contributed by atoms with Crippen LogP contribution in [0.5, 0.6) is 5.75 Å². The predicted molar refractivity (Wildman–Crippen MR) is 80.9 cm³/mol. The lowest BCUT2D eigenvalue weighted by Gasteiger charge is -2.07. The van der Waals surface area contributed by atoms with E-state index in [-0.39, 0.29) is 5.56 Å². The third-order valence-electron chi connectivity index (χ3n) is 2.80. The Kier molecular flexibility index (Phi) is 4.44. The number of para-hydroxylation sites is 1.